The molecule has 0 atom stereocenters. The Balaban J connectivity index is 1.09. The predicted molar refractivity (Wildman–Crippen MR) is 210 cm³/mol. The number of hydrogen-bond acceptors (Lipinski definition) is 5. The van der Waals surface area contributed by atoms with Crippen molar-refractivity contribution in [1.82, 2.24) is 19.9 Å². The SMILES string of the molecule is CC1(C)c2ccc(-c3cccc(-c4nc(-c5ccccc5)nc(-c5ccc(-c6cccnc6)cc5)n4)c3)cc2-c2c1ccc1oc3ccccc3c21. The maximum atomic E-state index is 6.33. The average molecular weight is 669 g/mol. The number of benzene rings is 6. The Labute approximate surface area is 301 Å². The highest BCUT2D eigenvalue weighted by Crippen LogP contribution is 2.53. The second kappa shape index (κ2) is 11.7. The number of fused-ring (bicyclic) bond motifs is 7. The molecule has 3 heterocycles. The van der Waals surface area contributed by atoms with Crippen molar-refractivity contribution in [3.63, 3.8) is 0 Å². The van der Waals surface area contributed by atoms with E-state index in [1.807, 2.05) is 48.7 Å². The van der Waals surface area contributed by atoms with Crippen LogP contribution in [0.15, 0.2) is 162 Å². The molecule has 5 nitrogen and oxygen atoms in total. The zero-order chi connectivity index (χ0) is 34.8. The summed E-state index contributed by atoms with van der Waals surface area (Å²) in [5.74, 6) is 1.89. The first-order valence-corrected chi connectivity index (χ1v) is 17.5. The van der Waals surface area contributed by atoms with E-state index >= 15 is 0 Å². The summed E-state index contributed by atoms with van der Waals surface area (Å²) in [6.45, 7) is 4.64. The fourth-order valence-electron chi connectivity index (χ4n) is 7.77. The van der Waals surface area contributed by atoms with E-state index in [9.17, 15) is 0 Å². The second-order valence-electron chi connectivity index (χ2n) is 13.9. The minimum atomic E-state index is -0.136. The molecule has 9 aromatic rings. The zero-order valence-electron chi connectivity index (χ0n) is 28.7. The highest BCUT2D eigenvalue weighted by Gasteiger charge is 2.37. The van der Waals surface area contributed by atoms with Crippen LogP contribution in [0.4, 0.5) is 0 Å². The highest BCUT2D eigenvalue weighted by atomic mass is 16.3. The topological polar surface area (TPSA) is 64.7 Å². The molecule has 0 fully saturated rings. The minimum Gasteiger partial charge on any atom is -0.456 e. The fraction of sp³-hybridized carbons (Fsp3) is 0.0638. The van der Waals surface area contributed by atoms with Crippen molar-refractivity contribution in [3.05, 3.63) is 169 Å². The van der Waals surface area contributed by atoms with Gasteiger partial charge in [-0.2, -0.15) is 0 Å². The largest absolute Gasteiger partial charge is 0.456 e. The Morgan fingerprint density at radius 2 is 1.08 bits per heavy atom. The molecule has 0 unspecified atom stereocenters. The molecule has 1 aliphatic rings. The van der Waals surface area contributed by atoms with Crippen molar-refractivity contribution < 1.29 is 4.42 Å². The Morgan fingerprint density at radius 3 is 1.87 bits per heavy atom. The van der Waals surface area contributed by atoms with Crippen LogP contribution in [0, 0.1) is 0 Å². The lowest BCUT2D eigenvalue weighted by molar-refractivity contribution is 0.656. The van der Waals surface area contributed by atoms with Crippen molar-refractivity contribution in [1.29, 1.82) is 0 Å². The number of rotatable bonds is 5. The standard InChI is InChI=1S/C47H32N4O/c1-47(2)38-22-21-33(27-37(38)42-39(47)23-24-41-43(42)36-15-6-7-16-40(36)52-41)32-12-8-13-34(26-32)46-50-44(30-10-4-3-5-11-30)49-45(51-46)31-19-17-29(18-20-31)35-14-9-25-48-28-35/h3-28H,1-2H3. The molecular formula is C47H32N4O. The molecule has 52 heavy (non-hydrogen) atoms. The first-order chi connectivity index (χ1) is 25.5. The van der Waals surface area contributed by atoms with Crippen LogP contribution in [0.2, 0.25) is 0 Å². The van der Waals surface area contributed by atoms with Crippen molar-refractivity contribution in [2.75, 3.05) is 0 Å². The molecule has 0 saturated heterocycles. The molecule has 0 aliphatic heterocycles. The summed E-state index contributed by atoms with van der Waals surface area (Å²) in [6, 6.07) is 50.6. The van der Waals surface area contributed by atoms with Crippen LogP contribution < -0.4 is 0 Å². The molecule has 0 N–H and O–H groups in total. The van der Waals surface area contributed by atoms with E-state index in [-0.39, 0.29) is 5.41 Å². The van der Waals surface area contributed by atoms with Gasteiger partial charge >= 0.3 is 0 Å². The first-order valence-electron chi connectivity index (χ1n) is 17.5. The van der Waals surface area contributed by atoms with Crippen LogP contribution in [0.3, 0.4) is 0 Å². The van der Waals surface area contributed by atoms with Gasteiger partial charge in [0.05, 0.1) is 0 Å². The van der Waals surface area contributed by atoms with Gasteiger partial charge in [-0.25, -0.2) is 15.0 Å². The second-order valence-corrected chi connectivity index (χ2v) is 13.9. The quantitative estimate of drug-likeness (QED) is 0.183. The zero-order valence-corrected chi connectivity index (χ0v) is 28.7. The predicted octanol–water partition coefficient (Wildman–Crippen LogP) is 11.8. The number of aromatic nitrogens is 4. The van der Waals surface area contributed by atoms with Crippen LogP contribution in [0.1, 0.15) is 25.0 Å². The molecule has 0 radical (unpaired) electrons. The van der Waals surface area contributed by atoms with Gasteiger partial charge < -0.3 is 4.42 Å². The minimum absolute atomic E-state index is 0.136. The van der Waals surface area contributed by atoms with Gasteiger partial charge in [-0.15, -0.1) is 0 Å². The third-order valence-corrected chi connectivity index (χ3v) is 10.4. The summed E-state index contributed by atoms with van der Waals surface area (Å²) in [7, 11) is 0. The summed E-state index contributed by atoms with van der Waals surface area (Å²) < 4.78 is 6.33. The molecule has 10 rings (SSSR count). The lowest BCUT2D eigenvalue weighted by Crippen LogP contribution is -2.14. The Kier molecular flexibility index (Phi) is 6.77. The average Bonchev–Trinajstić information content (AvgIpc) is 3.70. The van der Waals surface area contributed by atoms with Gasteiger partial charge in [0.1, 0.15) is 11.2 Å². The van der Waals surface area contributed by atoms with Gasteiger partial charge in [0.25, 0.3) is 0 Å². The van der Waals surface area contributed by atoms with E-state index < -0.39 is 0 Å². The van der Waals surface area contributed by atoms with E-state index in [4.69, 9.17) is 19.4 Å². The molecule has 0 bridgehead atoms. The third kappa shape index (κ3) is 4.85. The van der Waals surface area contributed by atoms with E-state index in [0.29, 0.717) is 17.5 Å². The van der Waals surface area contributed by atoms with E-state index in [1.54, 1.807) is 6.20 Å². The number of furan rings is 1. The van der Waals surface area contributed by atoms with Crippen LogP contribution in [0.5, 0.6) is 0 Å². The van der Waals surface area contributed by atoms with Gasteiger partial charge in [0.15, 0.2) is 17.5 Å². The summed E-state index contributed by atoms with van der Waals surface area (Å²) in [5, 5.41) is 2.34. The number of para-hydroxylation sites is 1. The lowest BCUT2D eigenvalue weighted by atomic mass is 9.82. The molecule has 3 aromatic heterocycles. The molecule has 6 aromatic carbocycles. The van der Waals surface area contributed by atoms with Crippen molar-refractivity contribution >= 4 is 21.9 Å². The fourth-order valence-corrected chi connectivity index (χ4v) is 7.77. The van der Waals surface area contributed by atoms with Crippen LogP contribution >= 0.6 is 0 Å². The summed E-state index contributed by atoms with van der Waals surface area (Å²) in [5.41, 5.74) is 14.0. The summed E-state index contributed by atoms with van der Waals surface area (Å²) >= 11 is 0. The van der Waals surface area contributed by atoms with E-state index in [2.05, 4.69) is 122 Å². The van der Waals surface area contributed by atoms with Crippen molar-refractivity contribution in [2.24, 2.45) is 0 Å². The molecule has 0 spiro atoms. The first kappa shape index (κ1) is 30.1. The molecule has 1 aliphatic carbocycles. The van der Waals surface area contributed by atoms with Gasteiger partial charge in [0, 0.05) is 45.3 Å². The van der Waals surface area contributed by atoms with E-state index in [0.717, 1.165) is 55.5 Å². The smallest absolute Gasteiger partial charge is 0.164 e. The van der Waals surface area contributed by atoms with Crippen LogP contribution in [-0.2, 0) is 5.41 Å². The third-order valence-electron chi connectivity index (χ3n) is 10.4. The van der Waals surface area contributed by atoms with Gasteiger partial charge in [-0.05, 0) is 74.8 Å². The molecule has 5 heteroatoms. The monoisotopic (exact) mass is 668 g/mol. The Hall–Kier alpha value is -6.72. The van der Waals surface area contributed by atoms with Crippen LogP contribution in [-0.4, -0.2) is 19.9 Å². The number of nitrogens with zero attached hydrogens (tertiary/aromatic N) is 4. The normalized spacial score (nSPS) is 13.0. The van der Waals surface area contributed by atoms with Crippen molar-refractivity contribution in [2.45, 2.75) is 19.3 Å². The summed E-state index contributed by atoms with van der Waals surface area (Å²) in [4.78, 5) is 19.3. The lowest BCUT2D eigenvalue weighted by Gasteiger charge is -2.21. The molecule has 0 amide bonds. The maximum absolute atomic E-state index is 6.33. The summed E-state index contributed by atoms with van der Waals surface area (Å²) in [6.07, 6.45) is 3.66. The van der Waals surface area contributed by atoms with E-state index in [1.165, 1.54) is 27.6 Å². The van der Waals surface area contributed by atoms with Gasteiger partial charge in [-0.1, -0.05) is 129 Å². The number of hydrogen-bond donors (Lipinski definition) is 0. The van der Waals surface area contributed by atoms with Gasteiger partial charge in [-0.3, -0.25) is 4.98 Å². The maximum Gasteiger partial charge on any atom is 0.164 e. The molecular weight excluding hydrogens is 637 g/mol. The number of pyridine rings is 1. The Bertz CT molecular complexity index is 2800. The molecule has 246 valence electrons. The van der Waals surface area contributed by atoms with Gasteiger partial charge in [0.2, 0.25) is 0 Å². The highest BCUT2D eigenvalue weighted by molar-refractivity contribution is 6.15. The van der Waals surface area contributed by atoms with Crippen LogP contribution in [0.25, 0.3) is 89.5 Å². The van der Waals surface area contributed by atoms with Crippen molar-refractivity contribution in [3.8, 4) is 67.5 Å². The molecule has 0 saturated carbocycles. The Morgan fingerprint density at radius 1 is 0.462 bits per heavy atom.